The van der Waals surface area contributed by atoms with Gasteiger partial charge in [0.05, 0.1) is 11.4 Å². The van der Waals surface area contributed by atoms with Crippen LogP contribution in [0.15, 0.2) is 89.9 Å². The third kappa shape index (κ3) is 5.18. The number of aromatic nitrogens is 1. The summed E-state index contributed by atoms with van der Waals surface area (Å²) in [7, 11) is 0. The van der Waals surface area contributed by atoms with E-state index in [0.29, 0.717) is 22.6 Å². The van der Waals surface area contributed by atoms with Crippen molar-refractivity contribution >= 4 is 18.1 Å². The zero-order valence-electron chi connectivity index (χ0n) is 18.1. The summed E-state index contributed by atoms with van der Waals surface area (Å²) in [6.07, 6.45) is 0.780. The minimum absolute atomic E-state index is 0.00886. The highest BCUT2D eigenvalue weighted by molar-refractivity contribution is 6.00. The number of ether oxygens (including phenoxy) is 1. The van der Waals surface area contributed by atoms with Gasteiger partial charge in [0.15, 0.2) is 0 Å². The molecule has 1 amide bonds. The van der Waals surface area contributed by atoms with Gasteiger partial charge in [-0.15, -0.1) is 0 Å². The molecule has 0 unspecified atom stereocenters. The number of benzene rings is 3. The van der Waals surface area contributed by atoms with Crippen LogP contribution in [0, 0.1) is 11.2 Å². The van der Waals surface area contributed by atoms with Gasteiger partial charge in [-0.05, 0) is 30.3 Å². The molecular weight excluding hydrogens is 433 g/mol. The Hall–Kier alpha value is -4.72. The summed E-state index contributed by atoms with van der Waals surface area (Å²) in [6, 6.07) is 24.7. The molecule has 4 aromatic rings. The first-order chi connectivity index (χ1) is 16.5. The molecule has 1 heterocycles. The summed E-state index contributed by atoms with van der Waals surface area (Å²) in [4.78, 5) is 19.3. The Kier molecular flexibility index (Phi) is 6.78. The van der Waals surface area contributed by atoms with E-state index in [-0.39, 0.29) is 29.7 Å². The van der Waals surface area contributed by atoms with Crippen molar-refractivity contribution in [3.63, 3.8) is 0 Å². The number of aliphatic imine (C=N–C) groups is 1. The van der Waals surface area contributed by atoms with Crippen LogP contribution in [-0.4, -0.2) is 23.1 Å². The second-order valence-corrected chi connectivity index (χ2v) is 7.34. The smallest absolute Gasteiger partial charge is 0.251 e. The highest BCUT2D eigenvalue weighted by Gasteiger charge is 2.15. The van der Waals surface area contributed by atoms with Crippen LogP contribution in [0.3, 0.4) is 0 Å². The highest BCUT2D eigenvalue weighted by Crippen LogP contribution is 2.26. The third-order valence-corrected chi connectivity index (χ3v) is 5.05. The maximum absolute atomic E-state index is 14.5. The number of aromatic amines is 1. The molecule has 0 aliphatic rings. The molecule has 5 N–H and O–H groups in total. The lowest BCUT2D eigenvalue weighted by atomic mass is 10.1. The first-order valence-electron chi connectivity index (χ1n) is 10.5. The maximum atomic E-state index is 14.5. The fourth-order valence-corrected chi connectivity index (χ4v) is 3.37. The molecular formula is C26H22FN5O2. The van der Waals surface area contributed by atoms with Gasteiger partial charge in [-0.1, -0.05) is 48.5 Å². The highest BCUT2D eigenvalue weighted by atomic mass is 19.1. The number of nitrogens with zero attached hydrogens (tertiary/aromatic N) is 1. The van der Waals surface area contributed by atoms with Crippen molar-refractivity contribution in [1.29, 1.82) is 5.41 Å². The predicted octanol–water partition coefficient (Wildman–Crippen LogP) is 4.86. The van der Waals surface area contributed by atoms with Crippen LogP contribution in [0.5, 0.6) is 11.5 Å². The maximum Gasteiger partial charge on any atom is 0.251 e. The van der Waals surface area contributed by atoms with E-state index < -0.39 is 5.82 Å². The van der Waals surface area contributed by atoms with Gasteiger partial charge in [0.25, 0.3) is 5.91 Å². The van der Waals surface area contributed by atoms with Gasteiger partial charge in [0.2, 0.25) is 0 Å². The van der Waals surface area contributed by atoms with E-state index in [0.717, 1.165) is 11.9 Å². The van der Waals surface area contributed by atoms with E-state index in [1.54, 1.807) is 24.3 Å². The van der Waals surface area contributed by atoms with Crippen LogP contribution in [-0.2, 0) is 6.54 Å². The number of H-pyrrole nitrogens is 1. The van der Waals surface area contributed by atoms with Crippen LogP contribution >= 0.6 is 0 Å². The second-order valence-electron chi connectivity index (χ2n) is 7.34. The molecule has 0 spiro atoms. The molecule has 0 bridgehead atoms. The number of amidine groups is 1. The number of amides is 1. The molecule has 170 valence electrons. The zero-order chi connectivity index (χ0) is 23.9. The number of rotatable bonds is 8. The van der Waals surface area contributed by atoms with Gasteiger partial charge < -0.3 is 20.8 Å². The quantitative estimate of drug-likeness (QED) is 0.225. The lowest BCUT2D eigenvalue weighted by molar-refractivity contribution is 0.0951. The largest absolute Gasteiger partial charge is 0.457 e. The normalized spacial score (nSPS) is 11.1. The van der Waals surface area contributed by atoms with Crippen LogP contribution in [0.1, 0.15) is 21.6 Å². The van der Waals surface area contributed by atoms with Gasteiger partial charge in [-0.25, -0.2) is 9.38 Å². The molecule has 1 aromatic heterocycles. The first kappa shape index (κ1) is 22.5. The number of hydrogen-bond acceptors (Lipinski definition) is 3. The second kappa shape index (κ2) is 10.3. The van der Waals surface area contributed by atoms with Gasteiger partial charge >= 0.3 is 0 Å². The summed E-state index contributed by atoms with van der Waals surface area (Å²) in [5.74, 6) is 0.488. The minimum atomic E-state index is -0.539. The Balaban J connectivity index is 1.49. The Morgan fingerprint density at radius 1 is 1.06 bits per heavy atom. The van der Waals surface area contributed by atoms with Crippen molar-refractivity contribution in [2.45, 2.75) is 6.54 Å². The fraction of sp³-hybridized carbons (Fsp3) is 0.0385. The van der Waals surface area contributed by atoms with Crippen LogP contribution in [0.25, 0.3) is 11.3 Å². The number of nitrogens with two attached hydrogens (primary N) is 1. The lowest BCUT2D eigenvalue weighted by Gasteiger charge is -2.12. The van der Waals surface area contributed by atoms with E-state index in [1.807, 2.05) is 54.6 Å². The summed E-state index contributed by atoms with van der Waals surface area (Å²) in [5, 5.41) is 9.89. The monoisotopic (exact) mass is 455 g/mol. The molecule has 4 rings (SSSR count). The average molecular weight is 455 g/mol. The molecule has 3 aromatic carbocycles. The van der Waals surface area contributed by atoms with Crippen LogP contribution in [0.2, 0.25) is 0 Å². The Morgan fingerprint density at radius 2 is 1.82 bits per heavy atom. The molecule has 0 saturated heterocycles. The Morgan fingerprint density at radius 3 is 2.62 bits per heavy atom. The molecule has 0 radical (unpaired) electrons. The van der Waals surface area contributed by atoms with E-state index in [9.17, 15) is 9.18 Å². The van der Waals surface area contributed by atoms with Crippen LogP contribution in [0.4, 0.5) is 4.39 Å². The fourth-order valence-electron chi connectivity index (χ4n) is 3.37. The van der Waals surface area contributed by atoms with Gasteiger partial charge in [0.1, 0.15) is 29.5 Å². The molecule has 0 fully saturated rings. The molecule has 0 atom stereocenters. The van der Waals surface area contributed by atoms with Crippen molar-refractivity contribution in [2.75, 3.05) is 0 Å². The van der Waals surface area contributed by atoms with Gasteiger partial charge in [-0.2, -0.15) is 0 Å². The van der Waals surface area contributed by atoms with Crippen molar-refractivity contribution in [3.8, 4) is 22.8 Å². The molecule has 7 nitrogen and oxygen atoms in total. The summed E-state index contributed by atoms with van der Waals surface area (Å²) in [6.45, 7) is 0.254. The van der Waals surface area contributed by atoms with E-state index in [2.05, 4.69) is 15.3 Å². The third-order valence-electron chi connectivity index (χ3n) is 5.05. The summed E-state index contributed by atoms with van der Waals surface area (Å²) < 4.78 is 20.5. The van der Waals surface area contributed by atoms with Crippen molar-refractivity contribution in [1.82, 2.24) is 10.3 Å². The van der Waals surface area contributed by atoms with E-state index in [4.69, 9.17) is 15.9 Å². The summed E-state index contributed by atoms with van der Waals surface area (Å²) >= 11 is 0. The standard InChI is InChI=1S/C26H22FN5O2/c27-21-14-22(25(29)31-16-28)32-24(21)17-8-6-9-18(13-17)26(33)30-15-19-7-4-5-12-23(19)34-20-10-2-1-3-11-20/h1-14,16,32H,15H2,(H,30,33)(H3,28,29,31). The molecule has 0 aliphatic heterocycles. The summed E-state index contributed by atoms with van der Waals surface area (Å²) in [5.41, 5.74) is 7.82. The zero-order valence-corrected chi connectivity index (χ0v) is 18.1. The molecule has 0 aliphatic carbocycles. The van der Waals surface area contributed by atoms with E-state index >= 15 is 0 Å². The van der Waals surface area contributed by atoms with Gasteiger partial charge in [0, 0.05) is 29.3 Å². The number of para-hydroxylation sites is 2. The number of nitrogens with one attached hydrogen (secondary N) is 3. The SMILES string of the molecule is N=CN=C(N)c1cc(F)c(-c2cccc(C(=O)NCc3ccccc3Oc3ccccc3)c2)[nH]1. The number of carbonyl (C=O) groups is 1. The Labute approximate surface area is 195 Å². The molecule has 8 heteroatoms. The minimum Gasteiger partial charge on any atom is -0.457 e. The first-order valence-corrected chi connectivity index (χ1v) is 10.5. The molecule has 34 heavy (non-hydrogen) atoms. The molecule has 0 saturated carbocycles. The Bertz CT molecular complexity index is 1350. The lowest BCUT2D eigenvalue weighted by Crippen LogP contribution is -2.23. The topological polar surface area (TPSA) is 116 Å². The van der Waals surface area contributed by atoms with Crippen molar-refractivity contribution in [3.05, 3.63) is 108 Å². The van der Waals surface area contributed by atoms with Crippen molar-refractivity contribution in [2.24, 2.45) is 10.7 Å². The number of hydrogen-bond donors (Lipinski definition) is 4. The number of carbonyl (C=O) groups excluding carboxylic acids is 1. The predicted molar refractivity (Wildman–Crippen MR) is 130 cm³/mol. The average Bonchev–Trinajstić information content (AvgIpc) is 3.26. The number of halogens is 1. The van der Waals surface area contributed by atoms with Crippen molar-refractivity contribution < 1.29 is 13.9 Å². The van der Waals surface area contributed by atoms with Crippen LogP contribution < -0.4 is 15.8 Å². The van der Waals surface area contributed by atoms with Gasteiger partial charge in [-0.3, -0.25) is 10.2 Å². The van der Waals surface area contributed by atoms with E-state index in [1.165, 1.54) is 6.07 Å².